The zero-order chi connectivity index (χ0) is 26.8. The van der Waals surface area contributed by atoms with E-state index in [0.717, 1.165) is 52.1 Å². The molecule has 0 atom stereocenters. The van der Waals surface area contributed by atoms with Crippen LogP contribution in [-0.2, 0) is 10.0 Å². The molecule has 1 aromatic carbocycles. The lowest BCUT2D eigenvalue weighted by Gasteiger charge is -2.33. The minimum Gasteiger partial charge on any atom is -0.496 e. The van der Waals surface area contributed by atoms with E-state index in [1.54, 1.807) is 16.4 Å². The molecule has 37 heavy (non-hydrogen) atoms. The number of hydrogen-bond acceptors (Lipinski definition) is 7. The number of sulfonamides is 1. The third kappa shape index (κ3) is 9.58. The van der Waals surface area contributed by atoms with Crippen LogP contribution >= 0.6 is 11.6 Å². The summed E-state index contributed by atoms with van der Waals surface area (Å²) in [5, 5.41) is 3.48. The molecule has 1 aromatic rings. The first-order valence-corrected chi connectivity index (χ1v) is 15.7. The molecule has 1 amide bonds. The molecule has 2 saturated heterocycles. The molecule has 3 rings (SSSR count). The van der Waals surface area contributed by atoms with E-state index >= 15 is 0 Å². The molecular formula is C26H44ClN5O4S. The van der Waals surface area contributed by atoms with Gasteiger partial charge in [0.15, 0.2) is 0 Å². The summed E-state index contributed by atoms with van der Waals surface area (Å²) in [4.78, 5) is 17.6. The fourth-order valence-electron chi connectivity index (χ4n) is 5.14. The number of amides is 1. The molecule has 0 saturated carbocycles. The van der Waals surface area contributed by atoms with Crippen molar-refractivity contribution in [2.75, 3.05) is 71.5 Å². The lowest BCUT2D eigenvalue weighted by atomic mass is 10.0. The van der Waals surface area contributed by atoms with Gasteiger partial charge < -0.3 is 25.6 Å². The van der Waals surface area contributed by atoms with Crippen LogP contribution in [0.3, 0.4) is 0 Å². The summed E-state index contributed by atoms with van der Waals surface area (Å²) < 4.78 is 30.1. The molecule has 2 heterocycles. The summed E-state index contributed by atoms with van der Waals surface area (Å²) in [7, 11) is -1.53. The highest BCUT2D eigenvalue weighted by Gasteiger charge is 2.24. The Morgan fingerprint density at radius 1 is 0.973 bits per heavy atom. The van der Waals surface area contributed by atoms with Gasteiger partial charge in [0.25, 0.3) is 5.91 Å². The van der Waals surface area contributed by atoms with E-state index < -0.39 is 10.0 Å². The van der Waals surface area contributed by atoms with Crippen LogP contribution in [0.5, 0.6) is 5.75 Å². The number of ether oxygens (including phenoxy) is 1. The Morgan fingerprint density at radius 2 is 1.51 bits per heavy atom. The molecule has 0 aromatic heterocycles. The third-order valence-corrected chi connectivity index (χ3v) is 9.12. The highest BCUT2D eigenvalue weighted by Crippen LogP contribution is 2.29. The van der Waals surface area contributed by atoms with Gasteiger partial charge in [-0.25, -0.2) is 8.42 Å². The molecule has 2 aliphatic heterocycles. The lowest BCUT2D eigenvalue weighted by molar-refractivity contribution is 0.0907. The van der Waals surface area contributed by atoms with Crippen LogP contribution in [0.25, 0.3) is 0 Å². The number of carbonyl (C=O) groups is 1. The summed E-state index contributed by atoms with van der Waals surface area (Å²) >= 11 is 6.11. The zero-order valence-corrected chi connectivity index (χ0v) is 24.0. The number of halogens is 1. The fraction of sp³-hybridized carbons (Fsp3) is 0.731. The van der Waals surface area contributed by atoms with Gasteiger partial charge >= 0.3 is 0 Å². The van der Waals surface area contributed by atoms with Gasteiger partial charge in [-0.1, -0.05) is 37.3 Å². The number of hydrogen-bond donors (Lipinski definition) is 2. The van der Waals surface area contributed by atoms with Gasteiger partial charge in [-0.15, -0.1) is 0 Å². The molecule has 210 valence electrons. The second kappa shape index (κ2) is 14.5. The summed E-state index contributed by atoms with van der Waals surface area (Å²) in [6, 6.07) is 3.31. The summed E-state index contributed by atoms with van der Waals surface area (Å²) in [5.74, 6) is 0.262. The van der Waals surface area contributed by atoms with Gasteiger partial charge in [-0.2, -0.15) is 4.31 Å². The maximum atomic E-state index is 12.8. The Morgan fingerprint density at radius 3 is 2.05 bits per heavy atom. The summed E-state index contributed by atoms with van der Waals surface area (Å²) in [5.41, 5.74) is 6.63. The first-order valence-electron chi connectivity index (χ1n) is 13.5. The highest BCUT2D eigenvalue weighted by molar-refractivity contribution is 7.88. The number of nitrogens with zero attached hydrogens (tertiary/aromatic N) is 3. The van der Waals surface area contributed by atoms with E-state index in [4.69, 9.17) is 22.1 Å². The number of nitrogens with one attached hydrogen (secondary N) is 1. The van der Waals surface area contributed by atoms with Gasteiger partial charge in [0.1, 0.15) is 5.75 Å². The predicted octanol–water partition coefficient (Wildman–Crippen LogP) is 3.04. The first-order chi connectivity index (χ1) is 17.7. The Bertz CT molecular complexity index is 977. The van der Waals surface area contributed by atoms with E-state index in [1.165, 1.54) is 51.9 Å². The Hall–Kier alpha value is -1.59. The lowest BCUT2D eigenvalue weighted by Crippen LogP contribution is -2.48. The minimum absolute atomic E-state index is 0.152. The Kier molecular flexibility index (Phi) is 11.8. The second-order valence-electron chi connectivity index (χ2n) is 10.3. The molecule has 11 heteroatoms. The average Bonchev–Trinajstić information content (AvgIpc) is 2.87. The van der Waals surface area contributed by atoms with Crippen LogP contribution in [0, 0.1) is 0 Å². The van der Waals surface area contributed by atoms with Crippen molar-refractivity contribution < 1.29 is 17.9 Å². The number of likely N-dealkylation sites (tertiary alicyclic amines) is 1. The SMILES string of the molecule is COc1cc(N)c(Cl)cc1C(=O)NC1CCN(CCCCCCCCN2CCN(S(C)(=O)=O)CC2)CC1. The standard InChI is InChI=1S/C26H44ClN5O4S/c1-36-25-20-24(28)23(27)19-22(25)26(33)29-21-9-13-30(14-10-21)11-7-5-3-4-6-8-12-31-15-17-32(18-16-31)37(2,34)35/h19-21H,3-18,28H2,1-2H3,(H,29,33). The van der Waals surface area contributed by atoms with Crippen LogP contribution in [0.1, 0.15) is 61.7 Å². The molecule has 0 aliphatic carbocycles. The van der Waals surface area contributed by atoms with Crippen molar-refractivity contribution >= 4 is 33.2 Å². The quantitative estimate of drug-likeness (QED) is 0.283. The number of nitrogens with two attached hydrogens (primary N) is 1. The Labute approximate surface area is 227 Å². The molecule has 9 nitrogen and oxygen atoms in total. The number of piperazine rings is 1. The van der Waals surface area contributed by atoms with Gasteiger partial charge in [-0.05, 0) is 44.8 Å². The molecule has 3 N–H and O–H groups in total. The molecular weight excluding hydrogens is 514 g/mol. The van der Waals surface area contributed by atoms with Crippen molar-refractivity contribution in [3.05, 3.63) is 22.7 Å². The maximum Gasteiger partial charge on any atom is 0.255 e. The van der Waals surface area contributed by atoms with E-state index in [0.29, 0.717) is 35.1 Å². The van der Waals surface area contributed by atoms with Crippen LogP contribution < -0.4 is 15.8 Å². The van der Waals surface area contributed by atoms with Crippen molar-refractivity contribution in [3.8, 4) is 5.75 Å². The van der Waals surface area contributed by atoms with Crippen molar-refractivity contribution in [2.24, 2.45) is 0 Å². The van der Waals surface area contributed by atoms with E-state index in [1.807, 2.05) is 0 Å². The fourth-order valence-corrected chi connectivity index (χ4v) is 6.13. The number of piperidine rings is 1. The number of methoxy groups -OCH3 is 1. The van der Waals surface area contributed by atoms with Gasteiger partial charge in [0, 0.05) is 51.4 Å². The molecule has 0 unspecified atom stereocenters. The second-order valence-corrected chi connectivity index (χ2v) is 12.7. The van der Waals surface area contributed by atoms with Crippen molar-refractivity contribution in [1.29, 1.82) is 0 Å². The van der Waals surface area contributed by atoms with Crippen molar-refractivity contribution in [2.45, 2.75) is 57.4 Å². The topological polar surface area (TPSA) is 108 Å². The monoisotopic (exact) mass is 557 g/mol. The van der Waals surface area contributed by atoms with E-state index in [-0.39, 0.29) is 11.9 Å². The van der Waals surface area contributed by atoms with Crippen molar-refractivity contribution in [1.82, 2.24) is 19.4 Å². The number of rotatable bonds is 13. The minimum atomic E-state index is -3.04. The number of carbonyl (C=O) groups excluding carboxylic acids is 1. The largest absolute Gasteiger partial charge is 0.496 e. The number of anilines is 1. The zero-order valence-electron chi connectivity index (χ0n) is 22.4. The van der Waals surface area contributed by atoms with Crippen molar-refractivity contribution in [3.63, 3.8) is 0 Å². The van der Waals surface area contributed by atoms with Crippen LogP contribution in [-0.4, -0.2) is 100 Å². The maximum absolute atomic E-state index is 12.8. The predicted molar refractivity (Wildman–Crippen MR) is 150 cm³/mol. The summed E-state index contributed by atoms with van der Waals surface area (Å²) in [6.45, 7) is 7.11. The summed E-state index contributed by atoms with van der Waals surface area (Å²) in [6.07, 6.45) is 10.6. The highest BCUT2D eigenvalue weighted by atomic mass is 35.5. The number of benzene rings is 1. The van der Waals surface area contributed by atoms with Gasteiger partial charge in [0.05, 0.1) is 29.6 Å². The number of unbranched alkanes of at least 4 members (excludes halogenated alkanes) is 5. The van der Waals surface area contributed by atoms with E-state index in [9.17, 15) is 13.2 Å². The average molecular weight is 558 g/mol. The van der Waals surface area contributed by atoms with Crippen LogP contribution in [0.15, 0.2) is 12.1 Å². The third-order valence-electron chi connectivity index (χ3n) is 7.49. The molecule has 0 spiro atoms. The number of nitrogen functional groups attached to an aromatic ring is 1. The van der Waals surface area contributed by atoms with Gasteiger partial charge in [0.2, 0.25) is 10.0 Å². The first kappa shape index (κ1) is 30.0. The van der Waals surface area contributed by atoms with Crippen LogP contribution in [0.4, 0.5) is 5.69 Å². The smallest absolute Gasteiger partial charge is 0.255 e. The van der Waals surface area contributed by atoms with E-state index in [2.05, 4.69) is 15.1 Å². The molecule has 0 bridgehead atoms. The molecule has 0 radical (unpaired) electrons. The Balaban J connectivity index is 1.21. The van der Waals surface area contributed by atoms with Crippen LogP contribution in [0.2, 0.25) is 5.02 Å². The van der Waals surface area contributed by atoms with Gasteiger partial charge in [-0.3, -0.25) is 4.79 Å². The normalized spacial score (nSPS) is 18.7. The molecule has 2 fully saturated rings. The molecule has 2 aliphatic rings.